The Morgan fingerprint density at radius 2 is 1.84 bits per heavy atom. The fraction of sp³-hybridized carbons (Fsp3) is 0.444. The molecule has 3 N–H and O–H groups in total. The topological polar surface area (TPSA) is 146 Å². The highest BCUT2D eigenvalue weighted by Gasteiger charge is 2.19. The maximum atomic E-state index is 11.6. The summed E-state index contributed by atoms with van der Waals surface area (Å²) in [4.78, 5) is 37.1. The highest BCUT2D eigenvalue weighted by atomic mass is 16.5. The molecule has 0 unspecified atom stereocenters. The number of hydrogen-bond donors (Lipinski definition) is 3. The van der Waals surface area contributed by atoms with Crippen molar-refractivity contribution in [1.29, 1.82) is 0 Å². The van der Waals surface area contributed by atoms with E-state index >= 15 is 0 Å². The van der Waals surface area contributed by atoms with Crippen LogP contribution in [0.3, 0.4) is 0 Å². The fourth-order valence-electron chi connectivity index (χ4n) is 1.21. The first-order valence-electron chi connectivity index (χ1n) is 5.14. The van der Waals surface area contributed by atoms with Gasteiger partial charge in [-0.25, -0.2) is 4.79 Å². The number of carboxylic acids is 2. The lowest BCUT2D eigenvalue weighted by molar-refractivity contribution is -0.140. The Morgan fingerprint density at radius 3 is 2.26 bits per heavy atom. The third kappa shape index (κ3) is 5.02. The Bertz CT molecular complexity index is 469. The van der Waals surface area contributed by atoms with Crippen LogP contribution in [0.1, 0.15) is 11.7 Å². The number of carbonyl (C=O) groups excluding carboxylic acids is 1. The molecular formula is C9H12N4O6. The summed E-state index contributed by atoms with van der Waals surface area (Å²) in [5.41, 5.74) is 0. The van der Waals surface area contributed by atoms with E-state index in [0.717, 1.165) is 0 Å². The number of aryl methyl sites for hydroxylation is 1. The number of amides is 2. The number of nitrogens with one attached hydrogen (secondary N) is 1. The lowest BCUT2D eigenvalue weighted by Crippen LogP contribution is -2.45. The van der Waals surface area contributed by atoms with Crippen LogP contribution in [-0.4, -0.2) is 56.3 Å². The van der Waals surface area contributed by atoms with Crippen molar-refractivity contribution >= 4 is 18.0 Å². The minimum absolute atomic E-state index is 0.0914. The van der Waals surface area contributed by atoms with Gasteiger partial charge in [-0.15, -0.1) is 0 Å². The third-order valence-corrected chi connectivity index (χ3v) is 1.91. The summed E-state index contributed by atoms with van der Waals surface area (Å²) in [6.07, 6.45) is 0. The van der Waals surface area contributed by atoms with E-state index in [1.807, 2.05) is 0 Å². The fourth-order valence-corrected chi connectivity index (χ4v) is 1.21. The van der Waals surface area contributed by atoms with Gasteiger partial charge in [0.1, 0.15) is 13.1 Å². The van der Waals surface area contributed by atoms with Crippen molar-refractivity contribution in [1.82, 2.24) is 20.4 Å². The van der Waals surface area contributed by atoms with Crippen molar-refractivity contribution in [2.45, 2.75) is 13.5 Å². The highest BCUT2D eigenvalue weighted by molar-refractivity contribution is 5.83. The van der Waals surface area contributed by atoms with Crippen LogP contribution in [-0.2, 0) is 16.1 Å². The van der Waals surface area contributed by atoms with Gasteiger partial charge in [0.2, 0.25) is 5.89 Å². The molecule has 1 aromatic heterocycles. The molecule has 0 fully saturated rings. The van der Waals surface area contributed by atoms with E-state index in [-0.39, 0.29) is 12.4 Å². The number of carboxylic acid groups (broad SMARTS) is 2. The maximum absolute atomic E-state index is 11.6. The summed E-state index contributed by atoms with van der Waals surface area (Å²) in [5, 5.41) is 23.0. The van der Waals surface area contributed by atoms with Crippen LogP contribution in [0.15, 0.2) is 4.52 Å². The number of urea groups is 1. The molecule has 10 nitrogen and oxygen atoms in total. The zero-order chi connectivity index (χ0) is 14.4. The van der Waals surface area contributed by atoms with Crippen LogP contribution in [0.4, 0.5) is 4.79 Å². The molecule has 1 aromatic rings. The summed E-state index contributed by atoms with van der Waals surface area (Å²) in [6.45, 7) is 0.0399. The van der Waals surface area contributed by atoms with E-state index < -0.39 is 31.1 Å². The van der Waals surface area contributed by atoms with Crippen molar-refractivity contribution in [3.8, 4) is 0 Å². The predicted molar refractivity (Wildman–Crippen MR) is 58.1 cm³/mol. The zero-order valence-corrected chi connectivity index (χ0v) is 9.99. The van der Waals surface area contributed by atoms with Gasteiger partial charge < -0.3 is 25.0 Å². The highest BCUT2D eigenvalue weighted by Crippen LogP contribution is 1.96. The molecule has 0 radical (unpaired) electrons. The molecule has 19 heavy (non-hydrogen) atoms. The quantitative estimate of drug-likeness (QED) is 0.601. The van der Waals surface area contributed by atoms with Gasteiger partial charge in [0.15, 0.2) is 5.82 Å². The molecule has 0 bridgehead atoms. The van der Waals surface area contributed by atoms with Crippen LogP contribution < -0.4 is 5.32 Å². The van der Waals surface area contributed by atoms with Crippen molar-refractivity contribution < 1.29 is 29.1 Å². The van der Waals surface area contributed by atoms with Crippen LogP contribution in [0.2, 0.25) is 0 Å². The number of carbonyl (C=O) groups is 3. The molecule has 0 spiro atoms. The van der Waals surface area contributed by atoms with Crippen molar-refractivity contribution in [2.24, 2.45) is 0 Å². The molecule has 2 amide bonds. The Labute approximate surface area is 107 Å². The molecule has 0 aliphatic rings. The molecule has 0 aromatic carbocycles. The van der Waals surface area contributed by atoms with Gasteiger partial charge >= 0.3 is 18.0 Å². The first kappa shape index (κ1) is 14.4. The molecule has 0 atom stereocenters. The smallest absolute Gasteiger partial charge is 0.323 e. The van der Waals surface area contributed by atoms with Gasteiger partial charge in [0.05, 0.1) is 6.54 Å². The average molecular weight is 272 g/mol. The largest absolute Gasteiger partial charge is 0.480 e. The number of aromatic nitrogens is 2. The summed E-state index contributed by atoms with van der Waals surface area (Å²) < 4.78 is 4.67. The van der Waals surface area contributed by atoms with Crippen LogP contribution in [0.25, 0.3) is 0 Å². The zero-order valence-electron chi connectivity index (χ0n) is 9.99. The summed E-state index contributed by atoms with van der Waals surface area (Å²) >= 11 is 0. The van der Waals surface area contributed by atoms with Crippen molar-refractivity contribution in [2.75, 3.05) is 13.1 Å². The Kier molecular flexibility index (Phi) is 4.80. The lowest BCUT2D eigenvalue weighted by atomic mass is 10.5. The minimum atomic E-state index is -1.31. The molecule has 0 aliphatic carbocycles. The van der Waals surface area contributed by atoms with Crippen molar-refractivity contribution in [3.63, 3.8) is 0 Å². The van der Waals surface area contributed by atoms with E-state index in [9.17, 15) is 14.4 Å². The molecule has 0 saturated heterocycles. The van der Waals surface area contributed by atoms with Gasteiger partial charge in [-0.05, 0) is 0 Å². The normalized spacial score (nSPS) is 9.95. The Hall–Kier alpha value is -2.65. The summed E-state index contributed by atoms with van der Waals surface area (Å²) in [7, 11) is 0. The number of aliphatic carboxylic acids is 2. The van der Waals surface area contributed by atoms with Gasteiger partial charge in [-0.3, -0.25) is 9.59 Å². The van der Waals surface area contributed by atoms with Gasteiger partial charge in [0.25, 0.3) is 0 Å². The SMILES string of the molecule is Cc1nc(CNC(=O)N(CC(=O)O)CC(=O)O)no1. The van der Waals surface area contributed by atoms with E-state index in [2.05, 4.69) is 20.0 Å². The van der Waals surface area contributed by atoms with Crippen LogP contribution >= 0.6 is 0 Å². The average Bonchev–Trinajstić information content (AvgIpc) is 2.70. The van der Waals surface area contributed by atoms with Gasteiger partial charge in [-0.1, -0.05) is 5.16 Å². The molecular weight excluding hydrogens is 260 g/mol. The van der Waals surface area contributed by atoms with Crippen LogP contribution in [0.5, 0.6) is 0 Å². The Balaban J connectivity index is 2.55. The van der Waals surface area contributed by atoms with E-state index in [1.54, 1.807) is 6.92 Å². The third-order valence-electron chi connectivity index (χ3n) is 1.91. The standard InChI is InChI=1S/C9H12N4O6/c1-5-11-6(12-19-5)2-10-9(18)13(3-7(14)15)4-8(16)17/h2-4H2,1H3,(H,10,18)(H,14,15)(H,16,17). The number of hydrogen-bond acceptors (Lipinski definition) is 6. The van der Waals surface area contributed by atoms with Gasteiger partial charge in [-0.2, -0.15) is 4.98 Å². The number of rotatable bonds is 6. The molecule has 104 valence electrons. The second-order valence-corrected chi connectivity index (χ2v) is 3.53. The number of nitrogens with zero attached hydrogens (tertiary/aromatic N) is 3. The molecule has 0 aliphatic heterocycles. The van der Waals surface area contributed by atoms with Crippen molar-refractivity contribution in [3.05, 3.63) is 11.7 Å². The summed E-state index contributed by atoms with van der Waals surface area (Å²) in [5.74, 6) is -2.10. The molecule has 1 rings (SSSR count). The molecule has 1 heterocycles. The minimum Gasteiger partial charge on any atom is -0.480 e. The van der Waals surface area contributed by atoms with Crippen LogP contribution in [0, 0.1) is 6.92 Å². The Morgan fingerprint density at radius 1 is 1.26 bits per heavy atom. The summed E-state index contributed by atoms with van der Waals surface area (Å²) in [6, 6.07) is -0.841. The van der Waals surface area contributed by atoms with Gasteiger partial charge in [0, 0.05) is 6.92 Å². The molecule has 10 heteroatoms. The molecule has 0 saturated carbocycles. The lowest BCUT2D eigenvalue weighted by Gasteiger charge is -2.18. The van der Waals surface area contributed by atoms with E-state index in [0.29, 0.717) is 10.8 Å². The van der Waals surface area contributed by atoms with E-state index in [4.69, 9.17) is 10.2 Å². The second kappa shape index (κ2) is 6.33. The first-order valence-corrected chi connectivity index (χ1v) is 5.14. The monoisotopic (exact) mass is 272 g/mol. The second-order valence-electron chi connectivity index (χ2n) is 3.53. The predicted octanol–water partition coefficient (Wildman–Crippen LogP) is -0.941. The van der Waals surface area contributed by atoms with E-state index in [1.165, 1.54) is 0 Å². The first-order chi connectivity index (χ1) is 8.88. The maximum Gasteiger partial charge on any atom is 0.323 e.